The van der Waals surface area contributed by atoms with Crippen LogP contribution in [-0.2, 0) is 10.0 Å². The van der Waals surface area contributed by atoms with E-state index in [1.54, 1.807) is 36.5 Å². The zero-order valence-electron chi connectivity index (χ0n) is 16.0. The number of fused-ring (bicyclic) bond motifs is 1. The second kappa shape index (κ2) is 6.63. The number of rotatable bonds is 4. The summed E-state index contributed by atoms with van der Waals surface area (Å²) >= 11 is 0. The smallest absolute Gasteiger partial charge is 0.267 e. The Morgan fingerprint density at radius 1 is 1.29 bits per heavy atom. The average molecular weight is 398 g/mol. The molecule has 0 aromatic carbocycles. The van der Waals surface area contributed by atoms with Gasteiger partial charge in [0.15, 0.2) is 11.1 Å². The highest BCUT2D eigenvalue weighted by Gasteiger charge is 2.27. The molecule has 3 aromatic rings. The van der Waals surface area contributed by atoms with Crippen LogP contribution in [0.15, 0.2) is 64.4 Å². The van der Waals surface area contributed by atoms with E-state index in [0.717, 1.165) is 0 Å². The van der Waals surface area contributed by atoms with E-state index in [9.17, 15) is 8.42 Å². The minimum absolute atomic E-state index is 0.0984. The number of anilines is 2. The summed E-state index contributed by atoms with van der Waals surface area (Å²) in [6, 6.07) is 5.20. The quantitative estimate of drug-likeness (QED) is 0.698. The summed E-state index contributed by atoms with van der Waals surface area (Å²) in [5.74, 6) is 0.761. The Balaban J connectivity index is 1.55. The van der Waals surface area contributed by atoms with Crippen LogP contribution in [0.5, 0.6) is 0 Å². The Bertz CT molecular complexity index is 1180. The molecule has 1 unspecified atom stereocenters. The maximum Gasteiger partial charge on any atom is 0.267 e. The molecule has 3 heterocycles. The second-order valence-corrected chi connectivity index (χ2v) is 9.76. The van der Waals surface area contributed by atoms with Crippen molar-refractivity contribution in [3.05, 3.63) is 59.9 Å². The maximum absolute atomic E-state index is 12.9. The Morgan fingerprint density at radius 3 is 2.82 bits per heavy atom. The van der Waals surface area contributed by atoms with Gasteiger partial charge in [0.05, 0.1) is 10.6 Å². The van der Waals surface area contributed by atoms with Crippen molar-refractivity contribution < 1.29 is 12.9 Å². The maximum atomic E-state index is 12.9. The number of pyridine rings is 1. The first-order chi connectivity index (χ1) is 13.2. The van der Waals surface area contributed by atoms with Crippen LogP contribution >= 0.6 is 0 Å². The second-order valence-electron chi connectivity index (χ2n) is 7.92. The van der Waals surface area contributed by atoms with Gasteiger partial charge in [0.25, 0.3) is 10.0 Å². The fourth-order valence-corrected chi connectivity index (χ4v) is 4.43. The van der Waals surface area contributed by atoms with E-state index in [-0.39, 0.29) is 5.41 Å². The molecule has 0 radical (unpaired) electrons. The van der Waals surface area contributed by atoms with Crippen molar-refractivity contribution >= 4 is 32.6 Å². The Labute approximate surface area is 163 Å². The van der Waals surface area contributed by atoms with Crippen LogP contribution < -0.4 is 5.32 Å². The molecule has 7 nitrogen and oxygen atoms in total. The molecule has 0 bridgehead atoms. The number of allylic oxidation sites excluding steroid dienone is 3. The number of aromatic nitrogens is 3. The van der Waals surface area contributed by atoms with E-state index >= 15 is 0 Å². The van der Waals surface area contributed by atoms with Gasteiger partial charge in [0, 0.05) is 18.6 Å². The largest absolute Gasteiger partial charge is 0.352 e. The van der Waals surface area contributed by atoms with Crippen molar-refractivity contribution in [2.75, 3.05) is 5.32 Å². The summed E-state index contributed by atoms with van der Waals surface area (Å²) in [5.41, 5.74) is 1.82. The molecule has 4 rings (SSSR count). The van der Waals surface area contributed by atoms with Crippen molar-refractivity contribution in [1.29, 1.82) is 0 Å². The van der Waals surface area contributed by atoms with Crippen LogP contribution in [0.1, 0.15) is 27.2 Å². The lowest BCUT2D eigenvalue weighted by atomic mass is 9.77. The molecule has 1 N–H and O–H groups in total. The first-order valence-corrected chi connectivity index (χ1v) is 10.5. The lowest BCUT2D eigenvalue weighted by Gasteiger charge is -2.29. The molecule has 1 aliphatic carbocycles. The van der Waals surface area contributed by atoms with Crippen LogP contribution in [0.3, 0.4) is 0 Å². The van der Waals surface area contributed by atoms with Crippen molar-refractivity contribution in [3.63, 3.8) is 0 Å². The number of nitrogens with one attached hydrogen (secondary N) is 1. The first-order valence-electron chi connectivity index (χ1n) is 9.04. The van der Waals surface area contributed by atoms with E-state index in [2.05, 4.69) is 36.2 Å². The van der Waals surface area contributed by atoms with Crippen molar-refractivity contribution in [3.8, 4) is 0 Å². The van der Waals surface area contributed by atoms with Gasteiger partial charge >= 0.3 is 0 Å². The molecule has 28 heavy (non-hydrogen) atoms. The van der Waals surface area contributed by atoms with Crippen LogP contribution in [0, 0.1) is 11.3 Å². The molecular weight excluding hydrogens is 376 g/mol. The molecule has 0 fully saturated rings. The van der Waals surface area contributed by atoms with Gasteiger partial charge in [0.2, 0.25) is 5.82 Å². The highest BCUT2D eigenvalue weighted by molar-refractivity contribution is 7.94. The predicted molar refractivity (Wildman–Crippen MR) is 109 cm³/mol. The van der Waals surface area contributed by atoms with Gasteiger partial charge in [0.1, 0.15) is 0 Å². The van der Waals surface area contributed by atoms with E-state index < -0.39 is 10.0 Å². The fraction of sp³-hybridized carbons (Fsp3) is 0.300. The summed E-state index contributed by atoms with van der Waals surface area (Å²) in [5, 5.41) is 7.01. The van der Waals surface area contributed by atoms with Gasteiger partial charge in [-0.3, -0.25) is 0 Å². The molecule has 0 amide bonds. The van der Waals surface area contributed by atoms with Gasteiger partial charge in [-0.15, -0.1) is 0 Å². The molecule has 0 aliphatic heterocycles. The molecule has 3 aromatic heterocycles. The van der Waals surface area contributed by atoms with Crippen molar-refractivity contribution in [2.24, 2.45) is 11.3 Å². The zero-order chi connectivity index (χ0) is 19.9. The van der Waals surface area contributed by atoms with E-state index in [1.165, 1.54) is 16.4 Å². The molecule has 0 saturated heterocycles. The molecule has 0 saturated carbocycles. The summed E-state index contributed by atoms with van der Waals surface area (Å²) in [7, 11) is -3.64. The van der Waals surface area contributed by atoms with Gasteiger partial charge < -0.3 is 9.84 Å². The van der Waals surface area contributed by atoms with Gasteiger partial charge in [-0.1, -0.05) is 38.1 Å². The third-order valence-corrected chi connectivity index (χ3v) is 6.59. The zero-order valence-corrected chi connectivity index (χ0v) is 16.8. The monoisotopic (exact) mass is 398 g/mol. The Kier molecular flexibility index (Phi) is 4.38. The lowest BCUT2D eigenvalue weighted by Crippen LogP contribution is -2.21. The van der Waals surface area contributed by atoms with Crippen molar-refractivity contribution in [2.45, 2.75) is 27.2 Å². The van der Waals surface area contributed by atoms with Gasteiger partial charge in [-0.05, 0) is 42.0 Å². The van der Waals surface area contributed by atoms with Crippen LogP contribution in [0.25, 0.3) is 11.1 Å². The lowest BCUT2D eigenvalue weighted by molar-refractivity contribution is 0.293. The summed E-state index contributed by atoms with van der Waals surface area (Å²) < 4.78 is 32.3. The van der Waals surface area contributed by atoms with Gasteiger partial charge in [-0.2, -0.15) is 0 Å². The standard InChI is InChI=1S/C20H22N4O3S/c1-20(2,3)14-6-8-16(9-7-14)28(25,26)24-12-10-15(13-24)22-19-18-17(27-23-19)5-4-11-21-18/h4-6,8-14H,7H2,1-3H3,(H,22,23). The van der Waals surface area contributed by atoms with Gasteiger partial charge in [-0.25, -0.2) is 17.4 Å². The summed E-state index contributed by atoms with van der Waals surface area (Å²) in [6.07, 6.45) is 10.9. The molecule has 0 spiro atoms. The van der Waals surface area contributed by atoms with Crippen molar-refractivity contribution in [1.82, 2.24) is 14.1 Å². The Hall–Kier alpha value is -2.87. The van der Waals surface area contributed by atoms with Crippen LogP contribution in [0.2, 0.25) is 0 Å². The highest BCUT2D eigenvalue weighted by Crippen LogP contribution is 2.34. The normalized spacial score (nSPS) is 17.7. The summed E-state index contributed by atoms with van der Waals surface area (Å²) in [6.45, 7) is 6.46. The summed E-state index contributed by atoms with van der Waals surface area (Å²) in [4.78, 5) is 4.54. The highest BCUT2D eigenvalue weighted by atomic mass is 32.2. The topological polar surface area (TPSA) is 90.0 Å². The predicted octanol–water partition coefficient (Wildman–Crippen LogP) is 4.45. The third-order valence-electron chi connectivity index (χ3n) is 4.91. The van der Waals surface area contributed by atoms with Crippen LogP contribution in [-0.4, -0.2) is 22.5 Å². The average Bonchev–Trinajstić information content (AvgIpc) is 3.30. The molecule has 146 valence electrons. The van der Waals surface area contributed by atoms with E-state index in [0.29, 0.717) is 39.8 Å². The fourth-order valence-electron chi connectivity index (χ4n) is 3.16. The first kappa shape index (κ1) is 18.5. The number of nitrogens with zero attached hydrogens (tertiary/aromatic N) is 3. The number of hydrogen-bond acceptors (Lipinski definition) is 6. The Morgan fingerprint density at radius 2 is 2.11 bits per heavy atom. The SMILES string of the molecule is CC(C)(C)C1C=CC(S(=O)(=O)n2ccc(Nc3noc4cccnc34)c2)=CC1. The van der Waals surface area contributed by atoms with Crippen LogP contribution in [0.4, 0.5) is 11.5 Å². The minimum Gasteiger partial charge on any atom is -0.352 e. The van der Waals surface area contributed by atoms with E-state index in [1.807, 2.05) is 6.08 Å². The minimum atomic E-state index is -3.64. The molecular formula is C20H22N4O3S. The third kappa shape index (κ3) is 3.35. The molecule has 8 heteroatoms. The van der Waals surface area contributed by atoms with E-state index in [4.69, 9.17) is 4.52 Å². The molecule has 1 atom stereocenters. The number of hydrogen-bond donors (Lipinski definition) is 1. The molecule has 1 aliphatic rings.